The van der Waals surface area contributed by atoms with E-state index < -0.39 is 16.0 Å². The zero-order valence-corrected chi connectivity index (χ0v) is 14.9. The second-order valence-corrected chi connectivity index (χ2v) is 7.17. The van der Waals surface area contributed by atoms with Crippen molar-refractivity contribution >= 4 is 16.0 Å². The van der Waals surface area contributed by atoms with Gasteiger partial charge in [0.05, 0.1) is 11.3 Å². The van der Waals surface area contributed by atoms with Crippen molar-refractivity contribution in [2.24, 2.45) is 0 Å². The number of aliphatic carboxylic acids is 1. The third-order valence-corrected chi connectivity index (χ3v) is 5.37. The number of carbonyl (C=O) groups is 1. The van der Waals surface area contributed by atoms with Gasteiger partial charge in [-0.1, -0.05) is 6.07 Å². The minimum atomic E-state index is -3.68. The quantitative estimate of drug-likeness (QED) is 0.669. The van der Waals surface area contributed by atoms with Gasteiger partial charge in [0, 0.05) is 19.8 Å². The molecule has 0 spiro atoms. The van der Waals surface area contributed by atoms with Crippen LogP contribution >= 0.6 is 0 Å². The molecule has 0 atom stereocenters. The lowest BCUT2D eigenvalue weighted by molar-refractivity contribution is -0.136. The summed E-state index contributed by atoms with van der Waals surface area (Å²) in [4.78, 5) is 11.2. The van der Waals surface area contributed by atoms with Crippen molar-refractivity contribution in [3.05, 3.63) is 28.3 Å². The topological polar surface area (TPSA) is 92.7 Å². The van der Waals surface area contributed by atoms with Gasteiger partial charge in [-0.3, -0.25) is 4.79 Å². The number of carboxylic acids is 1. The monoisotopic (exact) mass is 343 g/mol. The van der Waals surface area contributed by atoms with E-state index in [2.05, 4.69) is 4.72 Å². The average molecular weight is 343 g/mol. The largest absolute Gasteiger partial charge is 0.481 e. The minimum Gasteiger partial charge on any atom is -0.481 e. The number of hydrogen-bond acceptors (Lipinski definition) is 4. The fourth-order valence-electron chi connectivity index (χ4n) is 2.64. The van der Waals surface area contributed by atoms with Crippen LogP contribution in [0.15, 0.2) is 11.0 Å². The van der Waals surface area contributed by atoms with Crippen LogP contribution in [-0.2, 0) is 26.0 Å². The normalized spacial score (nSPS) is 11.7. The van der Waals surface area contributed by atoms with Crippen LogP contribution in [0, 0.1) is 20.8 Å². The van der Waals surface area contributed by atoms with E-state index in [1.54, 1.807) is 26.8 Å². The Bertz CT molecular complexity index is 668. The highest BCUT2D eigenvalue weighted by Crippen LogP contribution is 2.26. The van der Waals surface area contributed by atoms with Gasteiger partial charge in [0.1, 0.15) is 0 Å². The molecule has 0 aromatic heterocycles. The predicted octanol–water partition coefficient (Wildman–Crippen LogP) is 1.94. The number of hydrogen-bond donors (Lipinski definition) is 2. The number of rotatable bonds is 9. The molecule has 0 aliphatic rings. The Labute approximate surface area is 137 Å². The van der Waals surface area contributed by atoms with Crippen LogP contribution in [0.5, 0.6) is 0 Å². The molecule has 1 aromatic carbocycles. The Balaban J connectivity index is 3.08. The predicted molar refractivity (Wildman–Crippen MR) is 88.3 cm³/mol. The summed E-state index contributed by atoms with van der Waals surface area (Å²) in [6.07, 6.45) is 0.393. The van der Waals surface area contributed by atoms with Crippen molar-refractivity contribution in [2.75, 3.05) is 19.8 Å². The molecule has 0 saturated carbocycles. The number of benzene rings is 1. The molecule has 0 aliphatic carbocycles. The van der Waals surface area contributed by atoms with Crippen LogP contribution in [-0.4, -0.2) is 39.3 Å². The summed E-state index contributed by atoms with van der Waals surface area (Å²) in [6.45, 7) is 8.43. The number of nitrogens with one attached hydrogen (secondary N) is 1. The number of ether oxygens (including phenoxy) is 1. The number of aryl methyl sites for hydroxylation is 2. The smallest absolute Gasteiger partial charge is 0.307 e. The van der Waals surface area contributed by atoms with Gasteiger partial charge in [-0.15, -0.1) is 0 Å². The van der Waals surface area contributed by atoms with E-state index in [0.29, 0.717) is 36.3 Å². The first-order valence-corrected chi connectivity index (χ1v) is 9.07. The summed E-state index contributed by atoms with van der Waals surface area (Å²) >= 11 is 0. The molecule has 23 heavy (non-hydrogen) atoms. The Kier molecular flexibility index (Phi) is 7.18. The van der Waals surface area contributed by atoms with Crippen molar-refractivity contribution in [3.63, 3.8) is 0 Å². The first-order chi connectivity index (χ1) is 10.7. The molecule has 0 amide bonds. The molecule has 2 N–H and O–H groups in total. The molecular formula is C16H25NO5S. The zero-order chi connectivity index (χ0) is 17.6. The van der Waals surface area contributed by atoms with Crippen molar-refractivity contribution in [2.45, 2.75) is 45.4 Å². The molecule has 0 aliphatic heterocycles. The van der Waals surface area contributed by atoms with Gasteiger partial charge in [0.2, 0.25) is 10.0 Å². The van der Waals surface area contributed by atoms with Gasteiger partial charge in [0.15, 0.2) is 0 Å². The van der Waals surface area contributed by atoms with Gasteiger partial charge in [-0.2, -0.15) is 0 Å². The number of sulfonamides is 1. The maximum Gasteiger partial charge on any atom is 0.307 e. The first-order valence-electron chi connectivity index (χ1n) is 7.59. The van der Waals surface area contributed by atoms with Gasteiger partial charge in [-0.05, 0) is 56.4 Å². The van der Waals surface area contributed by atoms with Gasteiger partial charge in [0.25, 0.3) is 0 Å². The molecular weight excluding hydrogens is 318 g/mol. The SMILES string of the molecule is CCOCCCNS(=O)(=O)c1c(C)cc(C)c(CC(=O)O)c1C. The highest BCUT2D eigenvalue weighted by molar-refractivity contribution is 7.89. The molecule has 0 heterocycles. The van der Waals surface area contributed by atoms with Gasteiger partial charge < -0.3 is 9.84 Å². The van der Waals surface area contributed by atoms with Gasteiger partial charge in [-0.25, -0.2) is 13.1 Å². The van der Waals surface area contributed by atoms with Crippen LogP contribution in [0.1, 0.15) is 35.6 Å². The Morgan fingerprint density at radius 2 is 1.91 bits per heavy atom. The van der Waals surface area contributed by atoms with E-state index in [1.807, 2.05) is 6.92 Å². The van der Waals surface area contributed by atoms with E-state index in [1.165, 1.54) is 0 Å². The lowest BCUT2D eigenvalue weighted by Crippen LogP contribution is -2.27. The third kappa shape index (κ3) is 5.30. The summed E-state index contributed by atoms with van der Waals surface area (Å²) in [7, 11) is -3.68. The molecule has 0 radical (unpaired) electrons. The van der Waals surface area contributed by atoms with Crippen LogP contribution in [0.4, 0.5) is 0 Å². The molecule has 0 saturated heterocycles. The van der Waals surface area contributed by atoms with E-state index in [-0.39, 0.29) is 17.9 Å². The zero-order valence-electron chi connectivity index (χ0n) is 14.1. The Morgan fingerprint density at radius 3 is 2.48 bits per heavy atom. The molecule has 1 aromatic rings. The fourth-order valence-corrected chi connectivity index (χ4v) is 4.21. The lowest BCUT2D eigenvalue weighted by Gasteiger charge is -2.17. The molecule has 0 unspecified atom stereocenters. The van der Waals surface area contributed by atoms with Gasteiger partial charge >= 0.3 is 5.97 Å². The second-order valence-electron chi connectivity index (χ2n) is 5.46. The van der Waals surface area contributed by atoms with Crippen LogP contribution in [0.25, 0.3) is 0 Å². The molecule has 1 rings (SSSR count). The molecule has 0 bridgehead atoms. The Hall–Kier alpha value is -1.44. The average Bonchev–Trinajstić information content (AvgIpc) is 2.42. The van der Waals surface area contributed by atoms with E-state index >= 15 is 0 Å². The van der Waals surface area contributed by atoms with Crippen molar-refractivity contribution in [1.29, 1.82) is 0 Å². The van der Waals surface area contributed by atoms with Crippen molar-refractivity contribution in [1.82, 2.24) is 4.72 Å². The van der Waals surface area contributed by atoms with Crippen LogP contribution in [0.2, 0.25) is 0 Å². The first kappa shape index (κ1) is 19.6. The maximum absolute atomic E-state index is 12.6. The van der Waals surface area contributed by atoms with Crippen molar-refractivity contribution in [3.8, 4) is 0 Å². The minimum absolute atomic E-state index is 0.177. The lowest BCUT2D eigenvalue weighted by atomic mass is 9.97. The van der Waals surface area contributed by atoms with E-state index in [0.717, 1.165) is 5.56 Å². The summed E-state index contributed by atoms with van der Waals surface area (Å²) in [5, 5.41) is 9.02. The highest BCUT2D eigenvalue weighted by atomic mass is 32.2. The van der Waals surface area contributed by atoms with E-state index in [4.69, 9.17) is 9.84 Å². The summed E-state index contributed by atoms with van der Waals surface area (Å²) in [5.74, 6) is -0.979. The maximum atomic E-state index is 12.6. The summed E-state index contributed by atoms with van der Waals surface area (Å²) in [5.41, 5.74) is 2.46. The molecule has 0 fully saturated rings. The molecule has 6 nitrogen and oxygen atoms in total. The standard InChI is InChI=1S/C16H25NO5S/c1-5-22-8-6-7-17-23(20,21)16-12(3)9-11(2)14(13(16)4)10-15(18)19/h9,17H,5-8,10H2,1-4H3,(H,18,19). The highest BCUT2D eigenvalue weighted by Gasteiger charge is 2.23. The number of carboxylic acid groups (broad SMARTS) is 1. The fraction of sp³-hybridized carbons (Fsp3) is 0.562. The van der Waals surface area contributed by atoms with Crippen LogP contribution < -0.4 is 4.72 Å². The second kappa shape index (κ2) is 8.42. The molecule has 7 heteroatoms. The van der Waals surface area contributed by atoms with Crippen molar-refractivity contribution < 1.29 is 23.1 Å². The summed E-state index contributed by atoms with van der Waals surface area (Å²) in [6, 6.07) is 1.72. The Morgan fingerprint density at radius 1 is 1.26 bits per heavy atom. The van der Waals surface area contributed by atoms with Crippen LogP contribution in [0.3, 0.4) is 0 Å². The summed E-state index contributed by atoms with van der Waals surface area (Å²) < 4.78 is 32.9. The third-order valence-electron chi connectivity index (χ3n) is 3.62. The molecule has 130 valence electrons. The van der Waals surface area contributed by atoms with E-state index in [9.17, 15) is 13.2 Å².